The van der Waals surface area contributed by atoms with Crippen LogP contribution in [0.2, 0.25) is 0 Å². The Labute approximate surface area is 169 Å². The molecule has 2 aromatic heterocycles. The number of hydrogen-bond donors (Lipinski definition) is 2. The molecular formula is C17H20IN5O2S. The smallest absolute Gasteiger partial charge is 0.223 e. The maximum Gasteiger partial charge on any atom is 0.223 e. The molecule has 3 heterocycles. The van der Waals surface area contributed by atoms with Crippen molar-refractivity contribution in [3.63, 3.8) is 0 Å². The molecule has 0 bridgehead atoms. The van der Waals surface area contributed by atoms with Crippen LogP contribution in [0, 0.1) is 3.57 Å². The first-order valence-electron chi connectivity index (χ1n) is 8.21. The van der Waals surface area contributed by atoms with Gasteiger partial charge in [-0.25, -0.2) is 9.97 Å². The standard InChI is InChI=1S/C17H20IN5O2S/c1-17(2)15(13(25)9-24)21-10-23(17)7-6-20-16-19-5-3-12(22-16)14-11(18)4-8-26-14/h3-5,8-9,15,21H,6-7,10H2,1-2H3,(H,19,20,22). The summed E-state index contributed by atoms with van der Waals surface area (Å²) >= 11 is 3.96. The van der Waals surface area contributed by atoms with Crippen LogP contribution >= 0.6 is 33.9 Å². The zero-order valence-corrected chi connectivity index (χ0v) is 17.5. The van der Waals surface area contributed by atoms with E-state index in [9.17, 15) is 9.59 Å². The maximum atomic E-state index is 11.8. The van der Waals surface area contributed by atoms with Crippen LogP contribution in [0.4, 0.5) is 5.95 Å². The van der Waals surface area contributed by atoms with Gasteiger partial charge in [-0.05, 0) is 54.0 Å². The number of carbonyl (C=O) groups is 2. The average Bonchev–Trinajstić information content (AvgIpc) is 3.18. The number of aromatic nitrogens is 2. The number of ketones is 1. The van der Waals surface area contributed by atoms with Crippen molar-refractivity contribution >= 4 is 51.9 Å². The lowest BCUT2D eigenvalue weighted by molar-refractivity contribution is -0.132. The quantitative estimate of drug-likeness (QED) is 0.353. The number of anilines is 1. The lowest BCUT2D eigenvalue weighted by Gasteiger charge is -2.33. The first kappa shape index (κ1) is 19.3. The molecule has 0 spiro atoms. The van der Waals surface area contributed by atoms with Crippen molar-refractivity contribution in [3.05, 3.63) is 27.3 Å². The normalized spacial score (nSPS) is 19.4. The third-order valence-corrected chi connectivity index (χ3v) is 6.78. The van der Waals surface area contributed by atoms with E-state index in [-0.39, 0.29) is 0 Å². The minimum atomic E-state index is -0.472. The highest BCUT2D eigenvalue weighted by Crippen LogP contribution is 2.29. The number of aldehydes is 1. The van der Waals surface area contributed by atoms with Crippen LogP contribution in [0.5, 0.6) is 0 Å². The van der Waals surface area contributed by atoms with Gasteiger partial charge in [0.15, 0.2) is 6.29 Å². The highest BCUT2D eigenvalue weighted by atomic mass is 127. The molecule has 1 unspecified atom stereocenters. The Morgan fingerprint density at radius 2 is 2.35 bits per heavy atom. The number of Topliss-reactive ketones (excluding diaryl/α,β-unsaturated/α-hetero) is 1. The second kappa shape index (κ2) is 8.07. The second-order valence-electron chi connectivity index (χ2n) is 6.52. The third-order valence-electron chi connectivity index (χ3n) is 4.58. The summed E-state index contributed by atoms with van der Waals surface area (Å²) in [7, 11) is 0. The number of hydrogen-bond acceptors (Lipinski definition) is 8. The fourth-order valence-corrected chi connectivity index (χ4v) is 4.91. The van der Waals surface area contributed by atoms with E-state index in [0.29, 0.717) is 32.0 Å². The Morgan fingerprint density at radius 1 is 1.54 bits per heavy atom. The van der Waals surface area contributed by atoms with Gasteiger partial charge in [-0.3, -0.25) is 19.8 Å². The Balaban J connectivity index is 1.60. The summed E-state index contributed by atoms with van der Waals surface area (Å²) in [6.07, 6.45) is 2.15. The van der Waals surface area contributed by atoms with Crippen LogP contribution in [-0.4, -0.2) is 58.3 Å². The molecule has 1 aliphatic rings. The molecule has 2 N–H and O–H groups in total. The van der Waals surface area contributed by atoms with Gasteiger partial charge in [0.1, 0.15) is 0 Å². The summed E-state index contributed by atoms with van der Waals surface area (Å²) in [4.78, 5) is 34.7. The first-order chi connectivity index (χ1) is 12.4. The Bertz CT molecular complexity index is 810. The highest BCUT2D eigenvalue weighted by molar-refractivity contribution is 14.1. The summed E-state index contributed by atoms with van der Waals surface area (Å²) in [5, 5.41) is 8.41. The molecule has 1 saturated heterocycles. The van der Waals surface area contributed by atoms with E-state index >= 15 is 0 Å². The molecule has 138 valence electrons. The average molecular weight is 485 g/mol. The molecule has 3 rings (SSSR count). The van der Waals surface area contributed by atoms with Gasteiger partial charge in [0.2, 0.25) is 11.7 Å². The van der Waals surface area contributed by atoms with Gasteiger partial charge < -0.3 is 5.32 Å². The molecular weight excluding hydrogens is 465 g/mol. The van der Waals surface area contributed by atoms with Crippen molar-refractivity contribution in [2.24, 2.45) is 0 Å². The fraction of sp³-hybridized carbons (Fsp3) is 0.412. The van der Waals surface area contributed by atoms with Crippen LogP contribution in [0.25, 0.3) is 10.6 Å². The molecule has 2 aromatic rings. The minimum absolute atomic E-state index is 0.395. The zero-order valence-electron chi connectivity index (χ0n) is 14.5. The van der Waals surface area contributed by atoms with E-state index in [1.54, 1.807) is 17.5 Å². The summed E-state index contributed by atoms with van der Waals surface area (Å²) in [6, 6.07) is 3.50. The molecule has 0 radical (unpaired) electrons. The van der Waals surface area contributed by atoms with Gasteiger partial charge in [0.25, 0.3) is 0 Å². The van der Waals surface area contributed by atoms with Gasteiger partial charge in [0.05, 0.1) is 16.6 Å². The third kappa shape index (κ3) is 3.95. The van der Waals surface area contributed by atoms with Crippen molar-refractivity contribution in [2.45, 2.75) is 25.4 Å². The second-order valence-corrected chi connectivity index (χ2v) is 8.60. The largest absolute Gasteiger partial charge is 0.353 e. The van der Waals surface area contributed by atoms with Crippen molar-refractivity contribution < 1.29 is 9.59 Å². The predicted octanol–water partition coefficient (Wildman–Crippen LogP) is 2.00. The van der Waals surface area contributed by atoms with E-state index < -0.39 is 17.4 Å². The Morgan fingerprint density at radius 3 is 3.04 bits per heavy atom. The fourth-order valence-electron chi connectivity index (χ4n) is 3.07. The summed E-state index contributed by atoms with van der Waals surface area (Å²) in [5.41, 5.74) is 0.483. The SMILES string of the molecule is CC1(C)C(C(=O)C=O)NCN1CCNc1nccc(-c2sccc2I)n1. The summed E-state index contributed by atoms with van der Waals surface area (Å²) < 4.78 is 1.17. The molecule has 0 amide bonds. The van der Waals surface area contributed by atoms with Crippen molar-refractivity contribution in [1.82, 2.24) is 20.2 Å². The summed E-state index contributed by atoms with van der Waals surface area (Å²) in [6.45, 7) is 5.84. The molecule has 26 heavy (non-hydrogen) atoms. The molecule has 9 heteroatoms. The van der Waals surface area contributed by atoms with Crippen LogP contribution < -0.4 is 10.6 Å². The topological polar surface area (TPSA) is 87.2 Å². The number of carbonyl (C=O) groups excluding carboxylic acids is 2. The van der Waals surface area contributed by atoms with Crippen LogP contribution in [0.3, 0.4) is 0 Å². The Kier molecular flexibility index (Phi) is 6.00. The van der Waals surface area contributed by atoms with Gasteiger partial charge in [-0.2, -0.15) is 0 Å². The van der Waals surface area contributed by atoms with Crippen LogP contribution in [-0.2, 0) is 9.59 Å². The number of rotatable bonds is 7. The zero-order chi connectivity index (χ0) is 18.7. The molecule has 0 aliphatic carbocycles. The Hall–Kier alpha value is -1.43. The number of nitrogens with one attached hydrogen (secondary N) is 2. The predicted molar refractivity (Wildman–Crippen MR) is 110 cm³/mol. The van der Waals surface area contributed by atoms with E-state index in [1.807, 2.05) is 25.3 Å². The van der Waals surface area contributed by atoms with E-state index in [2.05, 4.69) is 54.2 Å². The lowest BCUT2D eigenvalue weighted by atomic mass is 9.92. The van der Waals surface area contributed by atoms with E-state index in [0.717, 1.165) is 10.6 Å². The molecule has 1 fully saturated rings. The molecule has 1 atom stereocenters. The first-order valence-corrected chi connectivity index (χ1v) is 10.2. The number of nitrogens with zero attached hydrogens (tertiary/aromatic N) is 3. The van der Waals surface area contributed by atoms with Gasteiger partial charge in [-0.1, -0.05) is 0 Å². The van der Waals surface area contributed by atoms with E-state index in [1.165, 1.54) is 3.57 Å². The van der Waals surface area contributed by atoms with Gasteiger partial charge in [-0.15, -0.1) is 11.3 Å². The molecule has 7 nitrogen and oxygen atoms in total. The number of thiophene rings is 1. The molecule has 0 aromatic carbocycles. The van der Waals surface area contributed by atoms with Crippen LogP contribution in [0.15, 0.2) is 23.7 Å². The van der Waals surface area contributed by atoms with Crippen molar-refractivity contribution in [1.29, 1.82) is 0 Å². The van der Waals surface area contributed by atoms with Crippen molar-refractivity contribution in [2.75, 3.05) is 25.1 Å². The monoisotopic (exact) mass is 485 g/mol. The lowest BCUT2D eigenvalue weighted by Crippen LogP contribution is -2.51. The maximum absolute atomic E-state index is 11.8. The van der Waals surface area contributed by atoms with Gasteiger partial charge >= 0.3 is 0 Å². The summed E-state index contributed by atoms with van der Waals surface area (Å²) in [5.74, 6) is 0.171. The van der Waals surface area contributed by atoms with Crippen molar-refractivity contribution in [3.8, 4) is 10.6 Å². The highest BCUT2D eigenvalue weighted by Gasteiger charge is 2.44. The number of halogens is 1. The van der Waals surface area contributed by atoms with Gasteiger partial charge in [0, 0.05) is 35.1 Å². The molecule has 1 aliphatic heterocycles. The van der Waals surface area contributed by atoms with Crippen LogP contribution in [0.1, 0.15) is 13.8 Å². The molecule has 0 saturated carbocycles. The minimum Gasteiger partial charge on any atom is -0.353 e. The van der Waals surface area contributed by atoms with E-state index in [4.69, 9.17) is 0 Å².